The fraction of sp³-hybridized carbons (Fsp3) is 0. The van der Waals surface area contributed by atoms with Crippen molar-refractivity contribution < 1.29 is 0 Å². The first-order chi connectivity index (χ1) is 30.2. The molecule has 0 radical (unpaired) electrons. The summed E-state index contributed by atoms with van der Waals surface area (Å²) >= 11 is 5.60. The SMILES string of the molecule is c1ccc(-c2c3ccc(N4c5ccccc5Sc5cc6c(cc54)sc4ccccc46)cc3c(-c3ccccc3)c3ccc(N4c5ccccc5Sc5ccccc54)cc23)cc1. The summed E-state index contributed by atoms with van der Waals surface area (Å²) in [5.74, 6) is 0. The molecule has 0 amide bonds. The lowest BCUT2D eigenvalue weighted by Crippen LogP contribution is -2.15. The van der Waals surface area contributed by atoms with E-state index in [2.05, 4.69) is 216 Å². The number of nitrogens with zero attached hydrogens (tertiary/aromatic N) is 2. The van der Waals surface area contributed by atoms with Crippen LogP contribution in [0, 0.1) is 0 Å². The van der Waals surface area contributed by atoms with E-state index in [4.69, 9.17) is 0 Å². The van der Waals surface area contributed by atoms with Crippen LogP contribution in [0.25, 0.3) is 64.0 Å². The first-order valence-corrected chi connectivity index (χ1v) is 23.0. The number of fused-ring (bicyclic) bond motifs is 9. The Morgan fingerprint density at radius 1 is 0.279 bits per heavy atom. The monoisotopic (exact) mass is 830 g/mol. The van der Waals surface area contributed by atoms with Gasteiger partial charge in [0.25, 0.3) is 0 Å². The molecule has 0 fully saturated rings. The molecule has 1 aromatic heterocycles. The van der Waals surface area contributed by atoms with Gasteiger partial charge >= 0.3 is 0 Å². The smallest absolute Gasteiger partial charge is 0.0616 e. The summed E-state index contributed by atoms with van der Waals surface area (Å²) in [5, 5.41) is 7.57. The number of hydrogen-bond donors (Lipinski definition) is 0. The van der Waals surface area contributed by atoms with Gasteiger partial charge in [-0.1, -0.05) is 151 Å². The van der Waals surface area contributed by atoms with Crippen LogP contribution in [0.15, 0.2) is 226 Å². The minimum Gasteiger partial charge on any atom is -0.308 e. The predicted octanol–water partition coefficient (Wildman–Crippen LogP) is 17.6. The Morgan fingerprint density at radius 2 is 0.738 bits per heavy atom. The van der Waals surface area contributed by atoms with Crippen molar-refractivity contribution in [3.05, 3.63) is 206 Å². The second-order valence-electron chi connectivity index (χ2n) is 15.6. The molecule has 0 bridgehead atoms. The molecule has 0 saturated heterocycles. The molecule has 11 aromatic rings. The van der Waals surface area contributed by atoms with Crippen LogP contribution in [0.3, 0.4) is 0 Å². The average molecular weight is 831 g/mol. The van der Waals surface area contributed by atoms with Crippen molar-refractivity contribution in [3.63, 3.8) is 0 Å². The highest BCUT2D eigenvalue weighted by Crippen LogP contribution is 2.56. The third-order valence-electron chi connectivity index (χ3n) is 12.2. The lowest BCUT2D eigenvalue weighted by molar-refractivity contribution is 1.17. The van der Waals surface area contributed by atoms with Gasteiger partial charge in [0.1, 0.15) is 0 Å². The van der Waals surface area contributed by atoms with Crippen LogP contribution < -0.4 is 9.80 Å². The molecule has 2 aliphatic heterocycles. The number of para-hydroxylation sites is 3. The van der Waals surface area contributed by atoms with Gasteiger partial charge in [-0.15, -0.1) is 11.3 Å². The quantitative estimate of drug-likeness (QED) is 0.163. The molecule has 0 saturated carbocycles. The molecule has 0 unspecified atom stereocenters. The Balaban J connectivity index is 1.10. The summed E-state index contributed by atoms with van der Waals surface area (Å²) in [4.78, 5) is 9.99. The summed E-state index contributed by atoms with van der Waals surface area (Å²) in [6.45, 7) is 0. The maximum absolute atomic E-state index is 2.50. The molecular weight excluding hydrogens is 797 g/mol. The molecular formula is C56H34N2S3. The minimum atomic E-state index is 1.14. The van der Waals surface area contributed by atoms with Gasteiger partial charge < -0.3 is 9.80 Å². The van der Waals surface area contributed by atoms with E-state index in [0.29, 0.717) is 0 Å². The summed E-state index contributed by atoms with van der Waals surface area (Å²) in [6.07, 6.45) is 0. The molecule has 0 N–H and O–H groups in total. The maximum Gasteiger partial charge on any atom is 0.0616 e. The van der Waals surface area contributed by atoms with Gasteiger partial charge in [0.05, 0.1) is 22.7 Å². The molecule has 0 spiro atoms. The van der Waals surface area contributed by atoms with E-state index in [9.17, 15) is 0 Å². The van der Waals surface area contributed by atoms with Crippen LogP contribution in [0.5, 0.6) is 0 Å². The Morgan fingerprint density at radius 3 is 1.30 bits per heavy atom. The van der Waals surface area contributed by atoms with E-state index in [-0.39, 0.29) is 0 Å². The zero-order chi connectivity index (χ0) is 40.0. The Hall–Kier alpha value is -6.76. The van der Waals surface area contributed by atoms with Crippen molar-refractivity contribution in [2.24, 2.45) is 0 Å². The van der Waals surface area contributed by atoms with Gasteiger partial charge in [0.2, 0.25) is 0 Å². The van der Waals surface area contributed by atoms with E-state index in [1.54, 1.807) is 0 Å². The molecule has 10 aromatic carbocycles. The lowest BCUT2D eigenvalue weighted by Gasteiger charge is -2.34. The minimum absolute atomic E-state index is 1.14. The number of rotatable bonds is 4. The van der Waals surface area contributed by atoms with Crippen molar-refractivity contribution in [1.82, 2.24) is 0 Å². The summed E-state index contributed by atoms with van der Waals surface area (Å²) < 4.78 is 2.63. The van der Waals surface area contributed by atoms with E-state index in [1.165, 1.54) is 106 Å². The van der Waals surface area contributed by atoms with Crippen molar-refractivity contribution in [2.75, 3.05) is 9.80 Å². The summed E-state index contributed by atoms with van der Waals surface area (Å²) in [5.41, 5.74) is 12.0. The third-order valence-corrected chi connectivity index (χ3v) is 15.6. The molecule has 3 heterocycles. The highest BCUT2D eigenvalue weighted by atomic mass is 32.2. The van der Waals surface area contributed by atoms with E-state index in [1.807, 2.05) is 34.9 Å². The van der Waals surface area contributed by atoms with Gasteiger partial charge in [0.15, 0.2) is 0 Å². The first-order valence-electron chi connectivity index (χ1n) is 20.6. The fourth-order valence-electron chi connectivity index (χ4n) is 9.55. The number of hydrogen-bond acceptors (Lipinski definition) is 5. The van der Waals surface area contributed by atoms with Crippen LogP contribution in [0.4, 0.5) is 34.1 Å². The second-order valence-corrected chi connectivity index (χ2v) is 18.9. The molecule has 0 aliphatic carbocycles. The summed E-state index contributed by atoms with van der Waals surface area (Å²) in [6, 6.07) is 76.4. The molecule has 13 rings (SSSR count). The van der Waals surface area contributed by atoms with Gasteiger partial charge in [0, 0.05) is 51.1 Å². The van der Waals surface area contributed by atoms with Crippen molar-refractivity contribution in [1.29, 1.82) is 0 Å². The number of anilines is 6. The fourth-order valence-corrected chi connectivity index (χ4v) is 12.8. The first kappa shape index (κ1) is 35.0. The normalized spacial score (nSPS) is 13.0. The predicted molar refractivity (Wildman–Crippen MR) is 263 cm³/mol. The van der Waals surface area contributed by atoms with Crippen LogP contribution in [-0.2, 0) is 0 Å². The van der Waals surface area contributed by atoms with Gasteiger partial charge in [-0.25, -0.2) is 0 Å². The Labute approximate surface area is 366 Å². The summed E-state index contributed by atoms with van der Waals surface area (Å²) in [7, 11) is 0. The van der Waals surface area contributed by atoms with Crippen LogP contribution in [-0.4, -0.2) is 0 Å². The van der Waals surface area contributed by atoms with Crippen molar-refractivity contribution in [2.45, 2.75) is 19.6 Å². The molecule has 61 heavy (non-hydrogen) atoms. The van der Waals surface area contributed by atoms with Crippen molar-refractivity contribution in [3.8, 4) is 22.3 Å². The molecule has 286 valence electrons. The van der Waals surface area contributed by atoms with Gasteiger partial charge in [-0.3, -0.25) is 0 Å². The van der Waals surface area contributed by atoms with Gasteiger partial charge in [-0.2, -0.15) is 0 Å². The Bertz CT molecular complexity index is 3510. The molecule has 2 nitrogen and oxygen atoms in total. The average Bonchev–Trinajstić information content (AvgIpc) is 3.68. The van der Waals surface area contributed by atoms with Crippen LogP contribution in [0.1, 0.15) is 0 Å². The molecule has 2 aliphatic rings. The highest BCUT2D eigenvalue weighted by Gasteiger charge is 2.29. The van der Waals surface area contributed by atoms with Gasteiger partial charge in [-0.05, 0) is 123 Å². The highest BCUT2D eigenvalue weighted by molar-refractivity contribution is 8.00. The zero-order valence-corrected chi connectivity index (χ0v) is 35.2. The van der Waals surface area contributed by atoms with E-state index in [0.717, 1.165) is 11.4 Å². The second kappa shape index (κ2) is 13.9. The maximum atomic E-state index is 2.50. The van der Waals surface area contributed by atoms with Crippen LogP contribution in [0.2, 0.25) is 0 Å². The Kier molecular flexibility index (Phi) is 7.98. The standard InChI is InChI=1S/C56H34N2S3/c1-3-15-35(16-4-1)55-41-30-28-38(58-47-22-10-14-26-52(47)61-54-33-42-39-19-7-11-23-49(39)59-53(42)34-48(54)58)32-44(41)56(36-17-5-2-6-18-36)40-29-27-37(31-43(40)55)57-45-20-8-12-24-50(45)60-51-25-13-9-21-46(51)57/h1-34H. The third kappa shape index (κ3) is 5.51. The van der Waals surface area contributed by atoms with E-state index >= 15 is 0 Å². The van der Waals surface area contributed by atoms with E-state index < -0.39 is 0 Å². The topological polar surface area (TPSA) is 6.48 Å². The largest absolute Gasteiger partial charge is 0.308 e. The molecule has 5 heteroatoms. The lowest BCUT2D eigenvalue weighted by atomic mass is 9.85. The van der Waals surface area contributed by atoms with Crippen molar-refractivity contribution >= 4 is 111 Å². The number of thiophene rings is 1. The molecule has 0 atom stereocenters. The van der Waals surface area contributed by atoms with Crippen LogP contribution >= 0.6 is 34.9 Å². The zero-order valence-electron chi connectivity index (χ0n) is 32.7. The number of benzene rings is 10.